The van der Waals surface area contributed by atoms with Crippen molar-refractivity contribution in [3.8, 4) is 5.88 Å². The number of aromatic nitrogens is 1. The highest BCUT2D eigenvalue weighted by molar-refractivity contribution is 5.79. The first-order chi connectivity index (χ1) is 12.3. The Hall–Kier alpha value is -2.56. The Morgan fingerprint density at radius 3 is 2.64 bits per heavy atom. The summed E-state index contributed by atoms with van der Waals surface area (Å²) < 4.78 is 5.57. The lowest BCUT2D eigenvalue weighted by atomic mass is 9.96. The molecule has 1 aliphatic rings. The minimum Gasteiger partial charge on any atom is -0.478 e. The Morgan fingerprint density at radius 2 is 1.96 bits per heavy atom. The third-order valence-electron chi connectivity index (χ3n) is 4.63. The summed E-state index contributed by atoms with van der Waals surface area (Å²) in [6, 6.07) is 14.7. The minimum absolute atomic E-state index is 0.254. The normalized spacial score (nSPS) is 15.5. The van der Waals surface area contributed by atoms with E-state index in [-0.39, 0.29) is 5.41 Å². The zero-order valence-corrected chi connectivity index (χ0v) is 15.0. The maximum Gasteiger partial charge on any atom is 0.218 e. The molecule has 0 aliphatic heterocycles. The molecule has 1 aliphatic carbocycles. The standard InChI is InChI=1S/C20H26N4O/c1-3-25-18-16(8-7-13-22-18)14-23-19(21-2)24-15-20(11-12-20)17-9-5-4-6-10-17/h4-10,13H,3,11-12,14-15H2,1-2H3,(H2,21,23,24). The number of guanidine groups is 1. The van der Waals surface area contributed by atoms with Crippen LogP contribution < -0.4 is 15.4 Å². The van der Waals surface area contributed by atoms with Gasteiger partial charge in [0.15, 0.2) is 5.96 Å². The van der Waals surface area contributed by atoms with Crippen LogP contribution in [0.4, 0.5) is 0 Å². The van der Waals surface area contributed by atoms with Gasteiger partial charge in [0.2, 0.25) is 5.88 Å². The molecule has 1 fully saturated rings. The number of benzene rings is 1. The number of aliphatic imine (C=N–C) groups is 1. The maximum atomic E-state index is 5.57. The van der Waals surface area contributed by atoms with E-state index in [2.05, 4.69) is 50.9 Å². The first-order valence-corrected chi connectivity index (χ1v) is 8.84. The van der Waals surface area contributed by atoms with Gasteiger partial charge in [0, 0.05) is 37.3 Å². The number of hydrogen-bond donors (Lipinski definition) is 2. The molecule has 5 heteroatoms. The number of nitrogens with one attached hydrogen (secondary N) is 2. The Bertz CT molecular complexity index is 711. The van der Waals surface area contributed by atoms with E-state index in [9.17, 15) is 0 Å². The largest absolute Gasteiger partial charge is 0.478 e. The molecule has 132 valence electrons. The molecule has 0 atom stereocenters. The van der Waals surface area contributed by atoms with Crippen molar-refractivity contribution in [1.82, 2.24) is 15.6 Å². The fourth-order valence-electron chi connectivity index (χ4n) is 2.99. The Labute approximate surface area is 149 Å². The van der Waals surface area contributed by atoms with Crippen LogP contribution in [0.3, 0.4) is 0 Å². The molecule has 2 N–H and O–H groups in total. The number of ether oxygens (including phenoxy) is 1. The summed E-state index contributed by atoms with van der Waals surface area (Å²) in [5, 5.41) is 6.83. The van der Waals surface area contributed by atoms with Gasteiger partial charge in [-0.15, -0.1) is 0 Å². The smallest absolute Gasteiger partial charge is 0.218 e. The summed E-state index contributed by atoms with van der Waals surface area (Å²) in [4.78, 5) is 8.62. The van der Waals surface area contributed by atoms with Gasteiger partial charge in [0.25, 0.3) is 0 Å². The highest BCUT2D eigenvalue weighted by Gasteiger charge is 2.43. The molecular formula is C20H26N4O. The van der Waals surface area contributed by atoms with Crippen molar-refractivity contribution >= 4 is 5.96 Å². The number of pyridine rings is 1. The Kier molecular flexibility index (Phi) is 5.53. The van der Waals surface area contributed by atoms with Gasteiger partial charge in [0.05, 0.1) is 6.61 Å². The predicted molar refractivity (Wildman–Crippen MR) is 101 cm³/mol. The fourth-order valence-corrected chi connectivity index (χ4v) is 2.99. The predicted octanol–water partition coefficient (Wildman–Crippen LogP) is 2.88. The van der Waals surface area contributed by atoms with Crippen LogP contribution in [-0.4, -0.2) is 31.1 Å². The Balaban J connectivity index is 1.56. The molecule has 2 aromatic rings. The van der Waals surface area contributed by atoms with Crippen molar-refractivity contribution in [2.24, 2.45) is 4.99 Å². The van der Waals surface area contributed by atoms with E-state index in [4.69, 9.17) is 4.74 Å². The van der Waals surface area contributed by atoms with E-state index in [1.54, 1.807) is 13.2 Å². The van der Waals surface area contributed by atoms with Crippen molar-refractivity contribution in [3.05, 3.63) is 59.8 Å². The Morgan fingerprint density at radius 1 is 1.16 bits per heavy atom. The first kappa shape index (κ1) is 17.3. The van der Waals surface area contributed by atoms with Gasteiger partial charge in [-0.2, -0.15) is 0 Å². The van der Waals surface area contributed by atoms with Crippen molar-refractivity contribution < 1.29 is 4.74 Å². The van der Waals surface area contributed by atoms with E-state index in [1.165, 1.54) is 18.4 Å². The van der Waals surface area contributed by atoms with Crippen LogP contribution in [0.1, 0.15) is 30.9 Å². The highest BCUT2D eigenvalue weighted by atomic mass is 16.5. The average molecular weight is 338 g/mol. The van der Waals surface area contributed by atoms with Crippen LogP contribution in [0.15, 0.2) is 53.7 Å². The molecule has 1 saturated carbocycles. The topological polar surface area (TPSA) is 58.5 Å². The molecule has 5 nitrogen and oxygen atoms in total. The summed E-state index contributed by atoms with van der Waals surface area (Å²) in [5.41, 5.74) is 2.68. The van der Waals surface area contributed by atoms with Gasteiger partial charge in [-0.05, 0) is 31.4 Å². The molecule has 1 aromatic carbocycles. The third kappa shape index (κ3) is 4.29. The van der Waals surface area contributed by atoms with Gasteiger partial charge in [-0.1, -0.05) is 36.4 Å². The van der Waals surface area contributed by atoms with Gasteiger partial charge in [-0.3, -0.25) is 4.99 Å². The molecule has 0 radical (unpaired) electrons. The second kappa shape index (κ2) is 8.01. The lowest BCUT2D eigenvalue weighted by Gasteiger charge is -2.19. The second-order valence-corrected chi connectivity index (χ2v) is 6.33. The molecule has 0 saturated heterocycles. The van der Waals surface area contributed by atoms with Crippen LogP contribution in [-0.2, 0) is 12.0 Å². The van der Waals surface area contributed by atoms with Crippen LogP contribution in [0.5, 0.6) is 5.88 Å². The maximum absolute atomic E-state index is 5.57. The van der Waals surface area contributed by atoms with E-state index < -0.39 is 0 Å². The van der Waals surface area contributed by atoms with Gasteiger partial charge >= 0.3 is 0 Å². The molecule has 0 spiro atoms. The summed E-state index contributed by atoms with van der Waals surface area (Å²) in [6.45, 7) is 4.09. The van der Waals surface area contributed by atoms with E-state index in [1.807, 2.05) is 19.1 Å². The quantitative estimate of drug-likeness (QED) is 0.602. The van der Waals surface area contributed by atoms with Crippen LogP contribution in [0.2, 0.25) is 0 Å². The SMILES string of the molecule is CCOc1ncccc1CNC(=NC)NCC1(c2ccccc2)CC1. The van der Waals surface area contributed by atoms with Crippen molar-refractivity contribution in [3.63, 3.8) is 0 Å². The van der Waals surface area contributed by atoms with Crippen LogP contribution in [0.25, 0.3) is 0 Å². The molecule has 3 rings (SSSR count). The highest BCUT2D eigenvalue weighted by Crippen LogP contribution is 2.47. The van der Waals surface area contributed by atoms with Crippen LogP contribution in [0, 0.1) is 0 Å². The number of rotatable bonds is 7. The van der Waals surface area contributed by atoms with Gasteiger partial charge in [0.1, 0.15) is 0 Å². The lowest BCUT2D eigenvalue weighted by Crippen LogP contribution is -2.41. The summed E-state index contributed by atoms with van der Waals surface area (Å²) in [6.07, 6.45) is 4.19. The van der Waals surface area contributed by atoms with Crippen molar-refractivity contribution in [1.29, 1.82) is 0 Å². The zero-order valence-electron chi connectivity index (χ0n) is 15.0. The van der Waals surface area contributed by atoms with Crippen molar-refractivity contribution in [2.45, 2.75) is 31.7 Å². The molecule has 0 bridgehead atoms. The molecule has 0 unspecified atom stereocenters. The first-order valence-electron chi connectivity index (χ1n) is 8.84. The molecule has 1 heterocycles. The fraction of sp³-hybridized carbons (Fsp3) is 0.400. The van der Waals surface area contributed by atoms with Crippen LogP contribution >= 0.6 is 0 Å². The number of hydrogen-bond acceptors (Lipinski definition) is 3. The van der Waals surface area contributed by atoms with Gasteiger partial charge in [-0.25, -0.2) is 4.98 Å². The molecular weight excluding hydrogens is 312 g/mol. The summed E-state index contributed by atoms with van der Waals surface area (Å²) in [5.74, 6) is 1.48. The van der Waals surface area contributed by atoms with Gasteiger partial charge < -0.3 is 15.4 Å². The van der Waals surface area contributed by atoms with E-state index in [0.29, 0.717) is 19.0 Å². The lowest BCUT2D eigenvalue weighted by molar-refractivity contribution is 0.322. The third-order valence-corrected chi connectivity index (χ3v) is 4.63. The molecule has 1 aromatic heterocycles. The van der Waals surface area contributed by atoms with E-state index in [0.717, 1.165) is 18.1 Å². The van der Waals surface area contributed by atoms with Crippen molar-refractivity contribution in [2.75, 3.05) is 20.2 Å². The minimum atomic E-state index is 0.254. The van der Waals surface area contributed by atoms with E-state index >= 15 is 0 Å². The molecule has 25 heavy (non-hydrogen) atoms. The number of nitrogens with zero attached hydrogens (tertiary/aromatic N) is 2. The average Bonchev–Trinajstić information content (AvgIpc) is 3.45. The summed E-state index contributed by atoms with van der Waals surface area (Å²) >= 11 is 0. The monoisotopic (exact) mass is 338 g/mol. The molecule has 0 amide bonds. The second-order valence-electron chi connectivity index (χ2n) is 6.33. The summed E-state index contributed by atoms with van der Waals surface area (Å²) in [7, 11) is 1.80. The zero-order chi connectivity index (χ0) is 17.5.